The minimum Gasteiger partial charge on any atom is -0.355 e. The number of rotatable bonds is 6. The van der Waals surface area contributed by atoms with Crippen LogP contribution in [0.1, 0.15) is 37.6 Å². The van der Waals surface area contributed by atoms with Gasteiger partial charge in [0.05, 0.1) is 11.1 Å². The van der Waals surface area contributed by atoms with Crippen molar-refractivity contribution in [2.24, 2.45) is 5.92 Å². The van der Waals surface area contributed by atoms with Gasteiger partial charge in [-0.3, -0.25) is 14.4 Å². The van der Waals surface area contributed by atoms with E-state index in [1.165, 1.54) is 16.6 Å². The number of fused-ring (bicyclic) bond motifs is 3. The molecule has 2 aromatic heterocycles. The van der Waals surface area contributed by atoms with Crippen LogP contribution in [0.2, 0.25) is 0 Å². The van der Waals surface area contributed by atoms with Crippen LogP contribution in [0.5, 0.6) is 0 Å². The van der Waals surface area contributed by atoms with E-state index < -0.39 is 6.04 Å². The van der Waals surface area contributed by atoms with Crippen LogP contribution in [0.15, 0.2) is 9.95 Å². The number of thiophene rings is 1. The summed E-state index contributed by atoms with van der Waals surface area (Å²) in [6.45, 7) is 6.20. The number of hydrogen-bond acceptors (Lipinski definition) is 6. The van der Waals surface area contributed by atoms with Gasteiger partial charge in [-0.2, -0.15) is 0 Å². The topological polar surface area (TPSA) is 104 Å². The summed E-state index contributed by atoms with van der Waals surface area (Å²) >= 11 is 2.76. The molecule has 0 aliphatic heterocycles. The minimum atomic E-state index is -0.599. The second-order valence-corrected chi connectivity index (χ2v) is 8.92. The van der Waals surface area contributed by atoms with E-state index in [1.807, 2.05) is 6.92 Å². The normalized spacial score (nSPS) is 17.4. The Morgan fingerprint density at radius 2 is 2.22 bits per heavy atom. The van der Waals surface area contributed by atoms with Gasteiger partial charge in [-0.1, -0.05) is 18.7 Å². The average molecular weight is 409 g/mol. The summed E-state index contributed by atoms with van der Waals surface area (Å²) in [7, 11) is 0. The lowest BCUT2D eigenvalue weighted by atomic mass is 9.89. The van der Waals surface area contributed by atoms with Crippen LogP contribution in [0.25, 0.3) is 10.2 Å². The molecule has 0 aromatic carbocycles. The van der Waals surface area contributed by atoms with Gasteiger partial charge in [-0.05, 0) is 44.6 Å². The number of likely N-dealkylation sites (N-methyl/N-ethyl adjacent to an activating group) is 1. The Hall–Kier alpha value is -1.87. The molecule has 2 amide bonds. The third-order valence-corrected chi connectivity index (χ3v) is 6.63. The van der Waals surface area contributed by atoms with Crippen molar-refractivity contribution in [3.63, 3.8) is 0 Å². The zero-order chi connectivity index (χ0) is 19.6. The number of nitrogens with one attached hydrogen (secondary N) is 3. The molecule has 0 fully saturated rings. The summed E-state index contributed by atoms with van der Waals surface area (Å²) < 4.78 is 0. The quantitative estimate of drug-likeness (QED) is 0.500. The molecule has 9 heteroatoms. The molecule has 27 heavy (non-hydrogen) atoms. The maximum absolute atomic E-state index is 12.5. The van der Waals surface area contributed by atoms with Crippen molar-refractivity contribution in [3.8, 4) is 0 Å². The largest absolute Gasteiger partial charge is 0.355 e. The molecule has 0 saturated carbocycles. The fourth-order valence-electron chi connectivity index (χ4n) is 3.21. The maximum Gasteiger partial charge on any atom is 0.260 e. The molecular formula is C18H24N4O3S2. The van der Waals surface area contributed by atoms with E-state index in [0.29, 0.717) is 23.0 Å². The van der Waals surface area contributed by atoms with E-state index in [1.54, 1.807) is 18.3 Å². The first kappa shape index (κ1) is 19.9. The van der Waals surface area contributed by atoms with Gasteiger partial charge in [0.15, 0.2) is 5.16 Å². The van der Waals surface area contributed by atoms with Gasteiger partial charge in [-0.15, -0.1) is 11.3 Å². The van der Waals surface area contributed by atoms with Crippen LogP contribution < -0.4 is 16.2 Å². The Kier molecular flexibility index (Phi) is 6.21. The lowest BCUT2D eigenvalue weighted by Gasteiger charge is -2.17. The smallest absolute Gasteiger partial charge is 0.260 e. The molecule has 0 unspecified atom stereocenters. The van der Waals surface area contributed by atoms with Crippen molar-refractivity contribution in [2.45, 2.75) is 51.2 Å². The zero-order valence-electron chi connectivity index (χ0n) is 15.7. The van der Waals surface area contributed by atoms with Crippen LogP contribution >= 0.6 is 23.1 Å². The standard InChI is InChI=1S/C18H24N4O3S2/c1-4-19-15(24)10(3)20-13(23)8-26-18-21-16(25)14-11-6-5-9(2)7-12(11)27-17(14)22-18/h9-10H,4-8H2,1-3H3,(H,19,24)(H,20,23)(H,21,22,25)/t9-,10-/m1/s1. The van der Waals surface area contributed by atoms with Crippen molar-refractivity contribution in [2.75, 3.05) is 12.3 Å². The van der Waals surface area contributed by atoms with Crippen LogP contribution in [-0.4, -0.2) is 40.1 Å². The monoisotopic (exact) mass is 408 g/mol. The fourth-order valence-corrected chi connectivity index (χ4v) is 5.32. The highest BCUT2D eigenvalue weighted by molar-refractivity contribution is 7.99. The number of hydrogen-bond donors (Lipinski definition) is 3. The van der Waals surface area contributed by atoms with E-state index in [0.717, 1.165) is 29.7 Å². The van der Waals surface area contributed by atoms with Crippen molar-refractivity contribution in [3.05, 3.63) is 20.8 Å². The molecule has 2 atom stereocenters. The average Bonchev–Trinajstić information content (AvgIpc) is 2.97. The van der Waals surface area contributed by atoms with E-state index in [4.69, 9.17) is 0 Å². The SMILES string of the molecule is CCNC(=O)[C@@H](C)NC(=O)CSc1nc2sc3c(c2c(=O)[nH]1)CC[C@@H](C)C3. The van der Waals surface area contributed by atoms with Gasteiger partial charge in [-0.25, -0.2) is 4.98 Å². The number of aryl methyl sites for hydroxylation is 1. The van der Waals surface area contributed by atoms with E-state index in [2.05, 4.69) is 27.5 Å². The number of H-pyrrole nitrogens is 1. The van der Waals surface area contributed by atoms with Crippen molar-refractivity contribution in [1.82, 2.24) is 20.6 Å². The number of aromatic nitrogens is 2. The molecule has 3 rings (SSSR count). The van der Waals surface area contributed by atoms with E-state index >= 15 is 0 Å². The summed E-state index contributed by atoms with van der Waals surface area (Å²) in [4.78, 5) is 45.6. The van der Waals surface area contributed by atoms with E-state index in [-0.39, 0.29) is 23.1 Å². The Bertz CT molecular complexity index is 921. The molecule has 0 bridgehead atoms. The van der Waals surface area contributed by atoms with Crippen molar-refractivity contribution in [1.29, 1.82) is 0 Å². The lowest BCUT2D eigenvalue weighted by Crippen LogP contribution is -2.45. The van der Waals surface area contributed by atoms with Crippen LogP contribution in [0.3, 0.4) is 0 Å². The highest BCUT2D eigenvalue weighted by Crippen LogP contribution is 2.36. The molecule has 2 heterocycles. The molecule has 146 valence electrons. The van der Waals surface area contributed by atoms with Crippen molar-refractivity contribution < 1.29 is 9.59 Å². The summed E-state index contributed by atoms with van der Waals surface area (Å²) in [5.74, 6) is 0.220. The van der Waals surface area contributed by atoms with Crippen molar-refractivity contribution >= 4 is 45.1 Å². The summed E-state index contributed by atoms with van der Waals surface area (Å²) in [6.07, 6.45) is 3.02. The number of carbonyl (C=O) groups excluding carboxylic acids is 2. The lowest BCUT2D eigenvalue weighted by molar-refractivity contribution is -0.127. The zero-order valence-corrected chi connectivity index (χ0v) is 17.3. The molecule has 1 aliphatic rings. The first-order valence-electron chi connectivity index (χ1n) is 9.13. The van der Waals surface area contributed by atoms with Gasteiger partial charge in [0.25, 0.3) is 5.56 Å². The molecule has 3 N–H and O–H groups in total. The molecule has 0 radical (unpaired) electrons. The third kappa shape index (κ3) is 4.52. The Balaban J connectivity index is 1.68. The van der Waals surface area contributed by atoms with E-state index in [9.17, 15) is 14.4 Å². The number of thioether (sulfide) groups is 1. The van der Waals surface area contributed by atoms with Gasteiger partial charge >= 0.3 is 0 Å². The molecule has 2 aromatic rings. The molecule has 0 saturated heterocycles. The van der Waals surface area contributed by atoms with Gasteiger partial charge in [0, 0.05) is 11.4 Å². The van der Waals surface area contributed by atoms with Gasteiger partial charge in [0.1, 0.15) is 10.9 Å². The number of nitrogens with zero attached hydrogens (tertiary/aromatic N) is 1. The number of aromatic amines is 1. The first-order valence-corrected chi connectivity index (χ1v) is 10.9. The fraction of sp³-hybridized carbons (Fsp3) is 0.556. The Morgan fingerprint density at radius 3 is 2.96 bits per heavy atom. The summed E-state index contributed by atoms with van der Waals surface area (Å²) in [6, 6.07) is -0.599. The highest BCUT2D eigenvalue weighted by Gasteiger charge is 2.23. The molecule has 0 spiro atoms. The molecule has 7 nitrogen and oxygen atoms in total. The van der Waals surface area contributed by atoms with Crippen LogP contribution in [0, 0.1) is 5.92 Å². The predicted molar refractivity (Wildman–Crippen MR) is 108 cm³/mol. The molecule has 1 aliphatic carbocycles. The predicted octanol–water partition coefficient (Wildman–Crippen LogP) is 1.84. The molecular weight excluding hydrogens is 384 g/mol. The number of carbonyl (C=O) groups is 2. The Morgan fingerprint density at radius 1 is 1.44 bits per heavy atom. The first-order chi connectivity index (χ1) is 12.9. The van der Waals surface area contributed by atoms with Crippen LogP contribution in [0.4, 0.5) is 0 Å². The Labute approximate surface area is 165 Å². The maximum atomic E-state index is 12.5. The van der Waals surface area contributed by atoms with Crippen LogP contribution in [-0.2, 0) is 22.4 Å². The highest BCUT2D eigenvalue weighted by atomic mass is 32.2. The van der Waals surface area contributed by atoms with Gasteiger partial charge < -0.3 is 15.6 Å². The van der Waals surface area contributed by atoms with Gasteiger partial charge in [0.2, 0.25) is 11.8 Å². The second-order valence-electron chi connectivity index (χ2n) is 6.88. The number of amides is 2. The second kappa shape index (κ2) is 8.43. The third-order valence-electron chi connectivity index (χ3n) is 4.61. The summed E-state index contributed by atoms with van der Waals surface area (Å²) in [5.41, 5.74) is 1.01. The minimum absolute atomic E-state index is 0.0836. The summed E-state index contributed by atoms with van der Waals surface area (Å²) in [5, 5.41) is 6.44.